The number of hydrogen-bond donors (Lipinski definition) is 1. The largest absolute Gasteiger partial charge is 0.484 e. The second kappa shape index (κ2) is 6.24. The van der Waals surface area contributed by atoms with Gasteiger partial charge in [0.05, 0.1) is 6.04 Å². The highest BCUT2D eigenvalue weighted by atomic mass is 16.5. The van der Waals surface area contributed by atoms with Crippen LogP contribution in [0.1, 0.15) is 23.3 Å². The van der Waals surface area contributed by atoms with Gasteiger partial charge in [-0.25, -0.2) is 0 Å². The fourth-order valence-electron chi connectivity index (χ4n) is 2.41. The number of nitrogens with one attached hydrogen (secondary N) is 1. The van der Waals surface area contributed by atoms with Crippen LogP contribution >= 0.6 is 0 Å². The van der Waals surface area contributed by atoms with Crippen LogP contribution in [-0.2, 0) is 6.61 Å². The lowest BCUT2D eigenvalue weighted by atomic mass is 10.2. The first-order chi connectivity index (χ1) is 10.2. The molecule has 0 saturated carbocycles. The Bertz CT molecular complexity index is 599. The Labute approximate surface area is 124 Å². The van der Waals surface area contributed by atoms with Crippen LogP contribution in [0.4, 0.5) is 0 Å². The van der Waals surface area contributed by atoms with Crippen molar-refractivity contribution < 1.29 is 9.26 Å². The van der Waals surface area contributed by atoms with Gasteiger partial charge in [-0.2, -0.15) is 4.98 Å². The molecule has 1 aromatic carbocycles. The van der Waals surface area contributed by atoms with Crippen molar-refractivity contribution in [3.8, 4) is 5.75 Å². The van der Waals surface area contributed by atoms with Crippen LogP contribution in [0.3, 0.4) is 0 Å². The summed E-state index contributed by atoms with van der Waals surface area (Å²) >= 11 is 0. The van der Waals surface area contributed by atoms with E-state index in [0.29, 0.717) is 18.3 Å². The minimum absolute atomic E-state index is 0.162. The molecule has 2 heterocycles. The van der Waals surface area contributed by atoms with Gasteiger partial charge in [0, 0.05) is 19.6 Å². The molecule has 3 rings (SSSR count). The Balaban J connectivity index is 1.62. The maximum atomic E-state index is 5.67. The van der Waals surface area contributed by atoms with E-state index in [9.17, 15) is 0 Å². The highest BCUT2D eigenvalue weighted by Gasteiger charge is 2.25. The van der Waals surface area contributed by atoms with Gasteiger partial charge in [-0.15, -0.1) is 0 Å². The van der Waals surface area contributed by atoms with E-state index in [-0.39, 0.29) is 6.04 Å². The second-order valence-electron chi connectivity index (χ2n) is 5.35. The molecule has 112 valence electrons. The third-order valence-corrected chi connectivity index (χ3v) is 3.64. The van der Waals surface area contributed by atoms with Gasteiger partial charge in [-0.3, -0.25) is 4.90 Å². The maximum absolute atomic E-state index is 5.67. The average molecular weight is 288 g/mol. The van der Waals surface area contributed by atoms with Gasteiger partial charge in [0.25, 0.3) is 5.89 Å². The Morgan fingerprint density at radius 2 is 2.38 bits per heavy atom. The monoisotopic (exact) mass is 288 g/mol. The highest BCUT2D eigenvalue weighted by molar-refractivity contribution is 5.27. The van der Waals surface area contributed by atoms with Crippen molar-refractivity contribution in [2.45, 2.75) is 19.6 Å². The first-order valence-corrected chi connectivity index (χ1v) is 7.15. The van der Waals surface area contributed by atoms with E-state index in [2.05, 4.69) is 27.4 Å². The Kier molecular flexibility index (Phi) is 4.17. The van der Waals surface area contributed by atoms with Crippen molar-refractivity contribution in [1.29, 1.82) is 0 Å². The van der Waals surface area contributed by atoms with Crippen molar-refractivity contribution in [1.82, 2.24) is 20.4 Å². The molecular formula is C15H20N4O2. The van der Waals surface area contributed by atoms with Crippen LogP contribution in [0, 0.1) is 6.92 Å². The smallest absolute Gasteiger partial charge is 0.264 e. The molecule has 2 aromatic rings. The van der Waals surface area contributed by atoms with E-state index < -0.39 is 0 Å². The summed E-state index contributed by atoms with van der Waals surface area (Å²) < 4.78 is 11.0. The van der Waals surface area contributed by atoms with Gasteiger partial charge >= 0.3 is 0 Å². The molecule has 1 aliphatic rings. The predicted octanol–water partition coefficient (Wildman–Crippen LogP) is 1.53. The molecule has 0 amide bonds. The summed E-state index contributed by atoms with van der Waals surface area (Å²) in [4.78, 5) is 6.67. The Morgan fingerprint density at radius 1 is 1.48 bits per heavy atom. The van der Waals surface area contributed by atoms with Crippen molar-refractivity contribution in [3.63, 3.8) is 0 Å². The highest BCUT2D eigenvalue weighted by Crippen LogP contribution is 2.18. The van der Waals surface area contributed by atoms with E-state index in [1.54, 1.807) is 0 Å². The maximum Gasteiger partial charge on any atom is 0.264 e. The Hall–Kier alpha value is -1.92. The lowest BCUT2D eigenvalue weighted by Crippen LogP contribution is -2.44. The summed E-state index contributed by atoms with van der Waals surface area (Å²) in [6.07, 6.45) is 0. The van der Waals surface area contributed by atoms with Gasteiger partial charge in [0.15, 0.2) is 12.4 Å². The zero-order chi connectivity index (χ0) is 14.7. The molecule has 1 aliphatic heterocycles. The fourth-order valence-corrected chi connectivity index (χ4v) is 2.41. The van der Waals surface area contributed by atoms with Gasteiger partial charge < -0.3 is 14.6 Å². The number of rotatable bonds is 4. The van der Waals surface area contributed by atoms with E-state index in [1.807, 2.05) is 31.2 Å². The van der Waals surface area contributed by atoms with Gasteiger partial charge in [0.1, 0.15) is 5.75 Å². The fraction of sp³-hybridized carbons (Fsp3) is 0.467. The predicted molar refractivity (Wildman–Crippen MR) is 78.0 cm³/mol. The summed E-state index contributed by atoms with van der Waals surface area (Å²) in [5, 5.41) is 7.41. The summed E-state index contributed by atoms with van der Waals surface area (Å²) in [6.45, 7) is 5.14. The molecule has 1 fully saturated rings. The van der Waals surface area contributed by atoms with Gasteiger partial charge in [-0.05, 0) is 31.7 Å². The summed E-state index contributed by atoms with van der Waals surface area (Å²) in [5.41, 5.74) is 1.16. The molecule has 21 heavy (non-hydrogen) atoms. The van der Waals surface area contributed by atoms with Crippen molar-refractivity contribution >= 4 is 0 Å². The van der Waals surface area contributed by atoms with Crippen LogP contribution in [0.25, 0.3) is 0 Å². The van der Waals surface area contributed by atoms with Gasteiger partial charge in [0.2, 0.25) is 0 Å². The molecule has 1 saturated heterocycles. The zero-order valence-corrected chi connectivity index (χ0v) is 12.4. The van der Waals surface area contributed by atoms with E-state index in [0.717, 1.165) is 30.9 Å². The molecule has 6 heteroatoms. The van der Waals surface area contributed by atoms with E-state index in [4.69, 9.17) is 9.26 Å². The zero-order valence-electron chi connectivity index (χ0n) is 12.4. The van der Waals surface area contributed by atoms with E-state index in [1.165, 1.54) is 0 Å². The van der Waals surface area contributed by atoms with Crippen molar-refractivity contribution in [2.75, 3.05) is 26.7 Å². The molecule has 1 unspecified atom stereocenters. The first-order valence-electron chi connectivity index (χ1n) is 7.15. The molecule has 1 atom stereocenters. The van der Waals surface area contributed by atoms with Crippen molar-refractivity contribution in [3.05, 3.63) is 41.5 Å². The number of piperazine rings is 1. The minimum Gasteiger partial charge on any atom is -0.484 e. The molecule has 0 radical (unpaired) electrons. The van der Waals surface area contributed by atoms with Crippen LogP contribution in [0.15, 0.2) is 28.8 Å². The number of ether oxygens (including phenoxy) is 1. The van der Waals surface area contributed by atoms with Crippen LogP contribution in [0.2, 0.25) is 0 Å². The second-order valence-corrected chi connectivity index (χ2v) is 5.35. The SMILES string of the molecule is Cc1cccc(OCc2nc(C3CNCCN3C)no2)c1. The molecule has 0 aliphatic carbocycles. The number of nitrogens with zero attached hydrogens (tertiary/aromatic N) is 3. The standard InChI is InChI=1S/C15H20N4O2/c1-11-4-3-5-12(8-11)20-10-14-17-15(18-21-14)13-9-16-6-7-19(13)2/h3-5,8,13,16H,6-7,9-10H2,1-2H3. The van der Waals surface area contributed by atoms with Crippen molar-refractivity contribution in [2.24, 2.45) is 0 Å². The van der Waals surface area contributed by atoms with Gasteiger partial charge in [-0.1, -0.05) is 17.3 Å². The quantitative estimate of drug-likeness (QED) is 0.920. The van der Waals surface area contributed by atoms with Crippen LogP contribution in [0.5, 0.6) is 5.75 Å². The minimum atomic E-state index is 0.162. The molecule has 6 nitrogen and oxygen atoms in total. The topological polar surface area (TPSA) is 63.4 Å². The van der Waals surface area contributed by atoms with Crippen LogP contribution in [-0.4, -0.2) is 41.7 Å². The molecular weight excluding hydrogens is 268 g/mol. The molecule has 0 bridgehead atoms. The summed E-state index contributed by atoms with van der Waals surface area (Å²) in [7, 11) is 2.07. The number of hydrogen-bond acceptors (Lipinski definition) is 6. The Morgan fingerprint density at radius 3 is 3.19 bits per heavy atom. The molecule has 0 spiro atoms. The lowest BCUT2D eigenvalue weighted by molar-refractivity contribution is 0.189. The van der Waals surface area contributed by atoms with E-state index >= 15 is 0 Å². The molecule has 1 aromatic heterocycles. The first kappa shape index (κ1) is 14.0. The number of likely N-dealkylation sites (N-methyl/N-ethyl adjacent to an activating group) is 1. The lowest BCUT2D eigenvalue weighted by Gasteiger charge is -2.30. The summed E-state index contributed by atoms with van der Waals surface area (Å²) in [5.74, 6) is 2.03. The summed E-state index contributed by atoms with van der Waals surface area (Å²) in [6, 6.07) is 8.06. The number of benzene rings is 1. The average Bonchev–Trinajstić information content (AvgIpc) is 2.94. The molecule has 1 N–H and O–H groups in total. The third-order valence-electron chi connectivity index (χ3n) is 3.64. The number of aromatic nitrogens is 2. The normalized spacial score (nSPS) is 19.6. The number of aryl methyl sites for hydroxylation is 1. The third kappa shape index (κ3) is 3.40. The van der Waals surface area contributed by atoms with Crippen LogP contribution < -0.4 is 10.1 Å².